The van der Waals surface area contributed by atoms with Gasteiger partial charge in [-0.25, -0.2) is 0 Å². The van der Waals surface area contributed by atoms with Gasteiger partial charge in [-0.1, -0.05) is 12.1 Å². The highest BCUT2D eigenvalue weighted by Crippen LogP contribution is 2.57. The zero-order chi connectivity index (χ0) is 23.8. The van der Waals surface area contributed by atoms with Crippen molar-refractivity contribution in [2.45, 2.75) is 90.8 Å². The van der Waals surface area contributed by atoms with Gasteiger partial charge in [-0.3, -0.25) is 4.79 Å². The molecule has 0 unspecified atom stereocenters. The fourth-order valence-electron chi connectivity index (χ4n) is 7.41. The summed E-state index contributed by atoms with van der Waals surface area (Å²) in [6.07, 6.45) is 3.87. The van der Waals surface area contributed by atoms with Crippen LogP contribution >= 0.6 is 0 Å². The standard InChI is InChI=1S/C28H39N3O2/c1-15(2)31(16(3)4)27(33)25-18(6)20-13-21-23-12-19-9-8-17(5)26(32)24(19)28(21,10-11-30(23)7)14-22(20)29-25/h8-9,15-16,21,23,29,32H,10-14H2,1-7H3/t21-,23+,28-/m0/s1. The van der Waals surface area contributed by atoms with E-state index in [0.29, 0.717) is 17.7 Å². The average Bonchev–Trinajstić information content (AvgIpc) is 3.06. The lowest BCUT2D eigenvalue weighted by atomic mass is 9.52. The highest BCUT2D eigenvalue weighted by Gasteiger charge is 2.56. The smallest absolute Gasteiger partial charge is 0.271 e. The Balaban J connectivity index is 1.64. The van der Waals surface area contributed by atoms with Crippen molar-refractivity contribution in [1.29, 1.82) is 0 Å². The number of aryl methyl sites for hydroxylation is 1. The first-order valence-corrected chi connectivity index (χ1v) is 12.6. The maximum Gasteiger partial charge on any atom is 0.271 e. The Labute approximate surface area is 198 Å². The fraction of sp³-hybridized carbons (Fsp3) is 0.607. The van der Waals surface area contributed by atoms with Gasteiger partial charge in [0.05, 0.1) is 0 Å². The largest absolute Gasteiger partial charge is 0.507 e. The number of aromatic amines is 1. The molecule has 5 nitrogen and oxygen atoms in total. The maximum absolute atomic E-state index is 13.6. The molecule has 1 aromatic heterocycles. The van der Waals surface area contributed by atoms with Crippen LogP contribution in [-0.4, -0.2) is 57.5 Å². The van der Waals surface area contributed by atoms with Crippen LogP contribution in [0.15, 0.2) is 12.1 Å². The molecule has 2 N–H and O–H groups in total. The number of piperidine rings is 1. The lowest BCUT2D eigenvalue weighted by Crippen LogP contribution is -2.61. The van der Waals surface area contributed by atoms with Crippen molar-refractivity contribution in [2.24, 2.45) is 5.92 Å². The molecule has 2 aliphatic carbocycles. The number of hydrogen-bond donors (Lipinski definition) is 2. The number of aromatic hydroxyl groups is 1. The third-order valence-electron chi connectivity index (χ3n) is 8.99. The molecule has 2 bridgehead atoms. The van der Waals surface area contributed by atoms with Gasteiger partial charge in [-0.2, -0.15) is 0 Å². The summed E-state index contributed by atoms with van der Waals surface area (Å²) in [4.78, 5) is 21.7. The van der Waals surface area contributed by atoms with Crippen LogP contribution in [0.25, 0.3) is 0 Å². The van der Waals surface area contributed by atoms with E-state index in [2.05, 4.69) is 63.7 Å². The number of benzene rings is 1. The molecule has 2 heterocycles. The van der Waals surface area contributed by atoms with Crippen molar-refractivity contribution < 1.29 is 9.90 Å². The molecule has 0 spiro atoms. The second-order valence-electron chi connectivity index (χ2n) is 11.4. The highest BCUT2D eigenvalue weighted by molar-refractivity contribution is 5.95. The highest BCUT2D eigenvalue weighted by atomic mass is 16.3. The maximum atomic E-state index is 13.6. The summed E-state index contributed by atoms with van der Waals surface area (Å²) in [5.74, 6) is 1.05. The van der Waals surface area contributed by atoms with Gasteiger partial charge in [-0.15, -0.1) is 0 Å². The minimum atomic E-state index is -0.0682. The van der Waals surface area contributed by atoms with Gasteiger partial charge in [0.25, 0.3) is 5.91 Å². The second-order valence-corrected chi connectivity index (χ2v) is 11.4. The molecule has 5 rings (SSSR count). The number of nitrogens with one attached hydrogen (secondary N) is 1. The number of nitrogens with zero attached hydrogens (tertiary/aromatic N) is 2. The Kier molecular flexibility index (Phi) is 5.20. The van der Waals surface area contributed by atoms with Gasteiger partial charge in [0.15, 0.2) is 0 Å². The lowest BCUT2D eigenvalue weighted by Gasteiger charge is -2.58. The van der Waals surface area contributed by atoms with Crippen molar-refractivity contribution in [2.75, 3.05) is 13.6 Å². The first-order valence-electron chi connectivity index (χ1n) is 12.6. The van der Waals surface area contributed by atoms with Gasteiger partial charge in [0, 0.05) is 34.8 Å². The number of H-pyrrole nitrogens is 1. The topological polar surface area (TPSA) is 59.6 Å². The zero-order valence-corrected chi connectivity index (χ0v) is 21.2. The van der Waals surface area contributed by atoms with Crippen LogP contribution in [0.3, 0.4) is 0 Å². The number of carbonyl (C=O) groups excluding carboxylic acids is 1. The van der Waals surface area contributed by atoms with E-state index >= 15 is 0 Å². The number of aromatic nitrogens is 1. The summed E-state index contributed by atoms with van der Waals surface area (Å²) in [5.41, 5.74) is 7.81. The van der Waals surface area contributed by atoms with E-state index in [-0.39, 0.29) is 23.4 Å². The Morgan fingerprint density at radius 2 is 1.88 bits per heavy atom. The number of fused-ring (bicyclic) bond motifs is 2. The minimum absolute atomic E-state index is 0.0682. The van der Waals surface area contributed by atoms with E-state index < -0.39 is 0 Å². The van der Waals surface area contributed by atoms with Gasteiger partial charge >= 0.3 is 0 Å². The Hall–Kier alpha value is -2.27. The Morgan fingerprint density at radius 3 is 2.55 bits per heavy atom. The molecule has 1 saturated heterocycles. The van der Waals surface area contributed by atoms with Crippen LogP contribution < -0.4 is 0 Å². The quantitative estimate of drug-likeness (QED) is 0.725. The van der Waals surface area contributed by atoms with Crippen molar-refractivity contribution in [3.05, 3.63) is 51.3 Å². The summed E-state index contributed by atoms with van der Waals surface area (Å²) >= 11 is 0. The van der Waals surface area contributed by atoms with Crippen LogP contribution in [0.1, 0.15) is 78.1 Å². The average molecular weight is 450 g/mol. The number of amides is 1. The van der Waals surface area contributed by atoms with E-state index in [1.54, 1.807) is 0 Å². The van der Waals surface area contributed by atoms with E-state index in [1.165, 1.54) is 22.4 Å². The normalized spacial score (nSPS) is 26.2. The predicted molar refractivity (Wildman–Crippen MR) is 132 cm³/mol. The molecule has 0 saturated carbocycles. The second kappa shape index (κ2) is 7.63. The molecular formula is C28H39N3O2. The van der Waals surface area contributed by atoms with Gasteiger partial charge in [-0.05, 0) is 109 Å². The molecule has 33 heavy (non-hydrogen) atoms. The SMILES string of the molecule is Cc1ccc2c(c1O)[C@]13CCN(C)[C@H](C2)[C@@H]1Cc1c([nH]c(C(=O)N(C(C)C)C(C)C)c1C)C3. The number of rotatable bonds is 3. The molecule has 3 aliphatic rings. The van der Waals surface area contributed by atoms with Crippen LogP contribution in [-0.2, 0) is 24.7 Å². The third-order valence-corrected chi connectivity index (χ3v) is 8.99. The summed E-state index contributed by atoms with van der Waals surface area (Å²) in [7, 11) is 2.26. The van der Waals surface area contributed by atoms with Crippen LogP contribution in [0, 0.1) is 19.8 Å². The fourth-order valence-corrected chi connectivity index (χ4v) is 7.41. The first kappa shape index (κ1) is 22.5. The van der Waals surface area contributed by atoms with Gasteiger partial charge in [0.2, 0.25) is 0 Å². The number of phenols is 1. The van der Waals surface area contributed by atoms with E-state index in [0.717, 1.165) is 49.0 Å². The van der Waals surface area contributed by atoms with Crippen molar-refractivity contribution in [1.82, 2.24) is 14.8 Å². The van der Waals surface area contributed by atoms with E-state index in [4.69, 9.17) is 0 Å². The number of likely N-dealkylation sites (tertiary alicyclic amines) is 1. The van der Waals surface area contributed by atoms with Crippen LogP contribution in [0.4, 0.5) is 0 Å². The summed E-state index contributed by atoms with van der Waals surface area (Å²) in [6, 6.07) is 5.08. The van der Waals surface area contributed by atoms with E-state index in [1.807, 2.05) is 11.8 Å². The molecule has 1 fully saturated rings. The predicted octanol–water partition coefficient (Wildman–Crippen LogP) is 4.51. The minimum Gasteiger partial charge on any atom is -0.507 e. The lowest BCUT2D eigenvalue weighted by molar-refractivity contribution is 0.0223. The molecule has 2 aromatic rings. The molecule has 178 valence electrons. The van der Waals surface area contributed by atoms with Crippen molar-refractivity contribution in [3.8, 4) is 5.75 Å². The molecule has 0 radical (unpaired) electrons. The summed E-state index contributed by atoms with van der Waals surface area (Å²) < 4.78 is 0. The number of likely N-dealkylation sites (N-methyl/N-ethyl adjacent to an activating group) is 1. The molecule has 1 aromatic carbocycles. The zero-order valence-electron chi connectivity index (χ0n) is 21.2. The van der Waals surface area contributed by atoms with E-state index in [9.17, 15) is 9.90 Å². The number of hydrogen-bond acceptors (Lipinski definition) is 3. The summed E-state index contributed by atoms with van der Waals surface area (Å²) in [5, 5.41) is 11.3. The Morgan fingerprint density at radius 1 is 1.18 bits per heavy atom. The molecular weight excluding hydrogens is 410 g/mol. The summed E-state index contributed by atoms with van der Waals surface area (Å²) in [6.45, 7) is 13.5. The van der Waals surface area contributed by atoms with Crippen molar-refractivity contribution >= 4 is 5.91 Å². The number of carbonyl (C=O) groups is 1. The van der Waals surface area contributed by atoms with Crippen molar-refractivity contribution in [3.63, 3.8) is 0 Å². The molecule has 1 amide bonds. The van der Waals surface area contributed by atoms with Gasteiger partial charge < -0.3 is 19.9 Å². The Bertz CT molecular complexity index is 1110. The first-order chi connectivity index (χ1) is 15.6. The molecule has 3 atom stereocenters. The van der Waals surface area contributed by atoms with Crippen LogP contribution in [0.5, 0.6) is 5.75 Å². The third kappa shape index (κ3) is 3.11. The monoisotopic (exact) mass is 449 g/mol. The molecule has 1 aliphatic heterocycles. The van der Waals surface area contributed by atoms with Gasteiger partial charge in [0.1, 0.15) is 11.4 Å². The van der Waals surface area contributed by atoms with Crippen LogP contribution in [0.2, 0.25) is 0 Å². The number of phenolic OH excluding ortho intramolecular Hbond substituents is 1. The molecule has 5 heteroatoms.